The maximum atomic E-state index is 12.5. The zero-order valence-corrected chi connectivity index (χ0v) is 16.8. The normalized spacial score (nSPS) is 16.8. The Morgan fingerprint density at radius 2 is 1.89 bits per heavy atom. The number of benzene rings is 3. The molecule has 4 nitrogen and oxygen atoms in total. The van der Waals surface area contributed by atoms with Crippen LogP contribution in [0.2, 0.25) is 0 Å². The third-order valence-corrected chi connectivity index (χ3v) is 5.56. The number of hydrogen-bond acceptors (Lipinski definition) is 4. The molecule has 1 aliphatic rings. The lowest BCUT2D eigenvalue weighted by molar-refractivity contribution is -0.115. The molecule has 0 bridgehead atoms. The number of thioether (sulfide) groups is 1. The average molecular weight is 388 g/mol. The number of aliphatic imine (C=N–C) groups is 1. The number of amides is 1. The maximum absolute atomic E-state index is 12.5. The van der Waals surface area contributed by atoms with Gasteiger partial charge in [0.05, 0.1) is 17.7 Å². The number of carbonyl (C=O) groups is 1. The molecule has 1 heterocycles. The predicted octanol–water partition coefficient (Wildman–Crippen LogP) is 5.36. The Morgan fingerprint density at radius 1 is 1.07 bits per heavy atom. The molecule has 5 heteroatoms. The van der Waals surface area contributed by atoms with Gasteiger partial charge in [-0.25, -0.2) is 4.99 Å². The van der Waals surface area contributed by atoms with Crippen LogP contribution in [-0.4, -0.2) is 18.2 Å². The van der Waals surface area contributed by atoms with Crippen molar-refractivity contribution in [3.63, 3.8) is 0 Å². The molecule has 4 rings (SSSR count). The highest BCUT2D eigenvalue weighted by Crippen LogP contribution is 2.34. The first-order valence-corrected chi connectivity index (χ1v) is 9.79. The first-order chi connectivity index (χ1) is 13.5. The van der Waals surface area contributed by atoms with Crippen LogP contribution in [0.4, 0.5) is 5.69 Å². The molecule has 0 atom stereocenters. The lowest BCUT2D eigenvalue weighted by Crippen LogP contribution is -2.19. The van der Waals surface area contributed by atoms with E-state index in [0.29, 0.717) is 10.1 Å². The number of rotatable bonds is 3. The molecule has 0 aromatic heterocycles. The zero-order valence-electron chi connectivity index (χ0n) is 15.9. The van der Waals surface area contributed by atoms with Gasteiger partial charge in [-0.3, -0.25) is 4.79 Å². The Kier molecular flexibility index (Phi) is 4.92. The van der Waals surface area contributed by atoms with Crippen LogP contribution in [0.15, 0.2) is 64.5 Å². The van der Waals surface area contributed by atoms with E-state index in [1.54, 1.807) is 7.11 Å². The monoisotopic (exact) mass is 388 g/mol. The molecule has 28 heavy (non-hydrogen) atoms. The van der Waals surface area contributed by atoms with Crippen molar-refractivity contribution in [2.75, 3.05) is 7.11 Å². The number of hydrogen-bond donors (Lipinski definition) is 1. The molecule has 0 radical (unpaired) electrons. The first kappa shape index (κ1) is 18.3. The second kappa shape index (κ2) is 7.52. The van der Waals surface area contributed by atoms with Gasteiger partial charge >= 0.3 is 0 Å². The number of ether oxygens (including phenoxy) is 1. The van der Waals surface area contributed by atoms with E-state index in [4.69, 9.17) is 4.74 Å². The second-order valence-electron chi connectivity index (χ2n) is 6.67. The van der Waals surface area contributed by atoms with Gasteiger partial charge < -0.3 is 10.1 Å². The summed E-state index contributed by atoms with van der Waals surface area (Å²) in [7, 11) is 1.64. The molecular formula is C23H20N2O2S. The number of methoxy groups -OCH3 is 1. The Labute approximate surface area is 168 Å². The summed E-state index contributed by atoms with van der Waals surface area (Å²) in [6.45, 7) is 4.07. The standard InChI is InChI=1S/C23H20N2O2S/c1-14-8-10-19(15(2)12-14)24-23-25-22(26)21(28-23)13-18-17-7-5-4-6-16(17)9-11-20(18)27-3/h4-13H,1-3H3,(H,24,25,26)/b21-13+. The van der Waals surface area contributed by atoms with Crippen molar-refractivity contribution in [2.24, 2.45) is 4.99 Å². The summed E-state index contributed by atoms with van der Waals surface area (Å²) in [6.07, 6.45) is 1.88. The van der Waals surface area contributed by atoms with Crippen LogP contribution < -0.4 is 10.1 Å². The number of nitrogens with zero attached hydrogens (tertiary/aromatic N) is 1. The third kappa shape index (κ3) is 3.53. The first-order valence-electron chi connectivity index (χ1n) is 8.98. The molecule has 140 valence electrons. The van der Waals surface area contributed by atoms with E-state index in [2.05, 4.69) is 23.3 Å². The van der Waals surface area contributed by atoms with E-state index >= 15 is 0 Å². The minimum absolute atomic E-state index is 0.150. The quantitative estimate of drug-likeness (QED) is 0.615. The molecule has 1 fully saturated rings. The summed E-state index contributed by atoms with van der Waals surface area (Å²) >= 11 is 1.34. The van der Waals surface area contributed by atoms with Crippen LogP contribution >= 0.6 is 11.8 Å². The Morgan fingerprint density at radius 3 is 2.68 bits per heavy atom. The molecule has 1 amide bonds. The van der Waals surface area contributed by atoms with Gasteiger partial charge in [0.25, 0.3) is 5.91 Å². The number of carbonyl (C=O) groups excluding carboxylic acids is 1. The number of aryl methyl sites for hydroxylation is 2. The van der Waals surface area contributed by atoms with E-state index in [-0.39, 0.29) is 5.91 Å². The lowest BCUT2D eigenvalue weighted by atomic mass is 10.0. The fourth-order valence-electron chi connectivity index (χ4n) is 3.25. The Balaban J connectivity index is 1.73. The summed E-state index contributed by atoms with van der Waals surface area (Å²) in [6, 6.07) is 18.1. The number of amidine groups is 1. The topological polar surface area (TPSA) is 50.7 Å². The lowest BCUT2D eigenvalue weighted by Gasteiger charge is -2.09. The molecule has 0 aliphatic carbocycles. The molecule has 0 spiro atoms. The van der Waals surface area contributed by atoms with Gasteiger partial charge in [-0.15, -0.1) is 0 Å². The van der Waals surface area contributed by atoms with E-state index in [1.807, 2.05) is 61.5 Å². The van der Waals surface area contributed by atoms with E-state index in [1.165, 1.54) is 17.3 Å². The Bertz CT molecular complexity index is 1150. The van der Waals surface area contributed by atoms with Gasteiger partial charge in [-0.2, -0.15) is 0 Å². The third-order valence-electron chi connectivity index (χ3n) is 4.65. The SMILES string of the molecule is COc1ccc2ccccc2c1/C=C1/SC(=Nc2ccc(C)cc2C)NC1=O. The van der Waals surface area contributed by atoms with Crippen LogP contribution in [0.1, 0.15) is 16.7 Å². The molecule has 3 aromatic rings. The van der Waals surface area contributed by atoms with Crippen molar-refractivity contribution in [1.82, 2.24) is 5.32 Å². The molecule has 1 N–H and O–H groups in total. The van der Waals surface area contributed by atoms with Crippen molar-refractivity contribution < 1.29 is 9.53 Å². The fourth-order valence-corrected chi connectivity index (χ4v) is 4.07. The van der Waals surface area contributed by atoms with Crippen molar-refractivity contribution in [2.45, 2.75) is 13.8 Å². The molecule has 0 unspecified atom stereocenters. The highest BCUT2D eigenvalue weighted by atomic mass is 32.2. The van der Waals surface area contributed by atoms with Gasteiger partial charge in [0.15, 0.2) is 5.17 Å². The van der Waals surface area contributed by atoms with Crippen molar-refractivity contribution >= 4 is 45.4 Å². The molecule has 1 saturated heterocycles. The molecular weight excluding hydrogens is 368 g/mol. The van der Waals surface area contributed by atoms with Crippen molar-refractivity contribution in [3.05, 3.63) is 76.2 Å². The van der Waals surface area contributed by atoms with E-state index < -0.39 is 0 Å². The number of nitrogens with one attached hydrogen (secondary N) is 1. The van der Waals surface area contributed by atoms with E-state index in [9.17, 15) is 4.79 Å². The van der Waals surface area contributed by atoms with Crippen LogP contribution in [0, 0.1) is 13.8 Å². The smallest absolute Gasteiger partial charge is 0.264 e. The van der Waals surface area contributed by atoms with Gasteiger partial charge in [0.2, 0.25) is 0 Å². The largest absolute Gasteiger partial charge is 0.496 e. The fraction of sp³-hybridized carbons (Fsp3) is 0.130. The van der Waals surface area contributed by atoms with Gasteiger partial charge in [-0.05, 0) is 60.2 Å². The summed E-state index contributed by atoms with van der Waals surface area (Å²) in [4.78, 5) is 17.7. The minimum atomic E-state index is -0.150. The number of fused-ring (bicyclic) bond motifs is 1. The maximum Gasteiger partial charge on any atom is 0.264 e. The summed E-state index contributed by atoms with van der Waals surface area (Å²) in [5.74, 6) is 0.586. The Hall–Kier alpha value is -3.05. The van der Waals surface area contributed by atoms with Crippen molar-refractivity contribution in [1.29, 1.82) is 0 Å². The highest BCUT2D eigenvalue weighted by molar-refractivity contribution is 8.18. The second-order valence-corrected chi connectivity index (χ2v) is 7.70. The molecule has 0 saturated carbocycles. The minimum Gasteiger partial charge on any atom is -0.496 e. The van der Waals surface area contributed by atoms with Crippen LogP contribution in [0.25, 0.3) is 16.8 Å². The summed E-state index contributed by atoms with van der Waals surface area (Å²) in [5, 5.41) is 5.59. The predicted molar refractivity (Wildman–Crippen MR) is 117 cm³/mol. The molecule has 1 aliphatic heterocycles. The zero-order chi connectivity index (χ0) is 19.7. The van der Waals surface area contributed by atoms with Crippen LogP contribution in [-0.2, 0) is 4.79 Å². The average Bonchev–Trinajstić information content (AvgIpc) is 3.03. The van der Waals surface area contributed by atoms with Crippen LogP contribution in [0.5, 0.6) is 5.75 Å². The highest BCUT2D eigenvalue weighted by Gasteiger charge is 2.25. The van der Waals surface area contributed by atoms with Crippen LogP contribution in [0.3, 0.4) is 0 Å². The van der Waals surface area contributed by atoms with Gasteiger partial charge in [0.1, 0.15) is 5.75 Å². The van der Waals surface area contributed by atoms with Gasteiger partial charge in [-0.1, -0.05) is 48.0 Å². The molecule has 3 aromatic carbocycles. The summed E-state index contributed by atoms with van der Waals surface area (Å²) < 4.78 is 5.53. The van der Waals surface area contributed by atoms with Crippen molar-refractivity contribution in [3.8, 4) is 5.75 Å². The van der Waals surface area contributed by atoms with E-state index in [0.717, 1.165) is 33.3 Å². The summed E-state index contributed by atoms with van der Waals surface area (Å²) in [5.41, 5.74) is 4.02. The van der Waals surface area contributed by atoms with Gasteiger partial charge in [0, 0.05) is 5.56 Å².